The molecule has 0 saturated heterocycles. The Morgan fingerprint density at radius 1 is 0.926 bits per heavy atom. The van der Waals surface area contributed by atoms with E-state index in [-0.39, 0.29) is 11.4 Å². The summed E-state index contributed by atoms with van der Waals surface area (Å²) in [6, 6.07) is 8.03. The summed E-state index contributed by atoms with van der Waals surface area (Å²) in [7, 11) is -4.09. The number of hydrogen-bond acceptors (Lipinski definition) is 5. The minimum absolute atomic E-state index is 0.126. The molecule has 0 aliphatic carbocycles. The van der Waals surface area contributed by atoms with Crippen molar-refractivity contribution in [1.82, 2.24) is 9.97 Å². The van der Waals surface area contributed by atoms with Crippen LogP contribution >= 0.6 is 0 Å². The van der Waals surface area contributed by atoms with Gasteiger partial charge in [0, 0.05) is 23.8 Å². The molecule has 1 heterocycles. The quantitative estimate of drug-likeness (QED) is 0.698. The molecule has 0 unspecified atom stereocenters. The summed E-state index contributed by atoms with van der Waals surface area (Å²) in [5.41, 5.74) is 0.708. The van der Waals surface area contributed by atoms with E-state index in [0.717, 1.165) is 12.1 Å². The molecule has 138 valence electrons. The minimum atomic E-state index is -4.09. The zero-order valence-electron chi connectivity index (χ0n) is 13.6. The Bertz CT molecular complexity index is 1080. The third-order valence-corrected chi connectivity index (χ3v) is 4.77. The Labute approximate surface area is 153 Å². The highest BCUT2D eigenvalue weighted by Gasteiger charge is 2.17. The van der Waals surface area contributed by atoms with Gasteiger partial charge in [-0.05, 0) is 42.5 Å². The highest BCUT2D eigenvalue weighted by atomic mass is 32.2. The Kier molecular flexibility index (Phi) is 5.08. The first kappa shape index (κ1) is 18.4. The van der Waals surface area contributed by atoms with E-state index in [1.54, 1.807) is 0 Å². The number of benzene rings is 2. The average Bonchev–Trinajstić information content (AvgIpc) is 2.66. The first-order chi connectivity index (χ1) is 12.8. The van der Waals surface area contributed by atoms with Crippen LogP contribution in [0, 0.1) is 11.6 Å². The number of carbonyl (C=O) groups is 1. The Morgan fingerprint density at radius 3 is 2.26 bits per heavy atom. The number of nitrogens with one attached hydrogen (secondary N) is 2. The van der Waals surface area contributed by atoms with Crippen molar-refractivity contribution in [2.45, 2.75) is 4.90 Å². The lowest BCUT2D eigenvalue weighted by Gasteiger charge is -2.10. The van der Waals surface area contributed by atoms with Crippen molar-refractivity contribution in [3.63, 3.8) is 0 Å². The van der Waals surface area contributed by atoms with Gasteiger partial charge in [0.15, 0.2) is 11.6 Å². The van der Waals surface area contributed by atoms with Crippen molar-refractivity contribution < 1.29 is 22.0 Å². The van der Waals surface area contributed by atoms with Gasteiger partial charge in [-0.15, -0.1) is 0 Å². The molecule has 0 bridgehead atoms. The number of anilines is 2. The van der Waals surface area contributed by atoms with E-state index in [1.165, 1.54) is 42.9 Å². The van der Waals surface area contributed by atoms with Gasteiger partial charge in [-0.25, -0.2) is 22.2 Å². The number of rotatable bonds is 5. The van der Waals surface area contributed by atoms with Gasteiger partial charge >= 0.3 is 0 Å². The van der Waals surface area contributed by atoms with Crippen molar-refractivity contribution in [2.24, 2.45) is 0 Å². The fraction of sp³-hybridized carbons (Fsp3) is 0. The second-order valence-electron chi connectivity index (χ2n) is 5.30. The zero-order chi connectivity index (χ0) is 19.4. The van der Waals surface area contributed by atoms with Crippen molar-refractivity contribution in [2.75, 3.05) is 10.0 Å². The number of sulfonamides is 1. The van der Waals surface area contributed by atoms with E-state index in [1.807, 2.05) is 0 Å². The summed E-state index contributed by atoms with van der Waals surface area (Å²) in [5, 5.41) is 2.58. The summed E-state index contributed by atoms with van der Waals surface area (Å²) in [6.07, 6.45) is 4.12. The number of hydrogen-bond donors (Lipinski definition) is 2. The fourth-order valence-electron chi connectivity index (χ4n) is 2.09. The third kappa shape index (κ3) is 4.42. The maximum absolute atomic E-state index is 13.2. The molecule has 0 atom stereocenters. The van der Waals surface area contributed by atoms with Crippen LogP contribution in [0.4, 0.5) is 20.2 Å². The molecule has 7 nitrogen and oxygen atoms in total. The van der Waals surface area contributed by atoms with Crippen LogP contribution in [0.3, 0.4) is 0 Å². The smallest absolute Gasteiger partial charge is 0.275 e. The summed E-state index contributed by atoms with van der Waals surface area (Å²) < 4.78 is 52.9. The van der Waals surface area contributed by atoms with E-state index in [0.29, 0.717) is 11.8 Å². The van der Waals surface area contributed by atoms with Gasteiger partial charge in [0.2, 0.25) is 0 Å². The Morgan fingerprint density at radius 2 is 1.63 bits per heavy atom. The fourth-order valence-corrected chi connectivity index (χ4v) is 3.16. The number of nitrogens with zero attached hydrogens (tertiary/aromatic N) is 2. The summed E-state index contributed by atoms with van der Waals surface area (Å²) >= 11 is 0. The van der Waals surface area contributed by atoms with Gasteiger partial charge < -0.3 is 5.32 Å². The molecule has 1 aromatic heterocycles. The van der Waals surface area contributed by atoms with Crippen LogP contribution in [-0.2, 0) is 10.0 Å². The van der Waals surface area contributed by atoms with Gasteiger partial charge in [-0.3, -0.25) is 14.5 Å². The molecule has 0 saturated carbocycles. The van der Waals surface area contributed by atoms with Crippen molar-refractivity contribution in [1.29, 1.82) is 0 Å². The highest BCUT2D eigenvalue weighted by Crippen LogP contribution is 2.20. The number of carbonyl (C=O) groups excluding carboxylic acids is 1. The van der Waals surface area contributed by atoms with E-state index in [9.17, 15) is 22.0 Å². The van der Waals surface area contributed by atoms with Crippen LogP contribution in [0.25, 0.3) is 0 Å². The third-order valence-electron chi connectivity index (χ3n) is 3.39. The van der Waals surface area contributed by atoms with Crippen LogP contribution in [-0.4, -0.2) is 24.3 Å². The molecule has 0 aliphatic heterocycles. The van der Waals surface area contributed by atoms with Gasteiger partial charge in [-0.2, -0.15) is 0 Å². The SMILES string of the molecule is O=C(Nc1ccc(NS(=O)(=O)c2ccc(F)c(F)c2)cc1)c1cnccn1. The molecule has 0 radical (unpaired) electrons. The van der Waals surface area contributed by atoms with Crippen molar-refractivity contribution in [3.05, 3.63) is 78.4 Å². The summed E-state index contributed by atoms with van der Waals surface area (Å²) in [5.74, 6) is -2.88. The normalized spacial score (nSPS) is 11.0. The number of aromatic nitrogens is 2. The van der Waals surface area contributed by atoms with Crippen LogP contribution in [0.5, 0.6) is 0 Å². The molecular formula is C17H12F2N4O3S. The number of halogens is 2. The first-order valence-corrected chi connectivity index (χ1v) is 8.99. The van der Waals surface area contributed by atoms with Gasteiger partial charge in [0.1, 0.15) is 5.69 Å². The molecule has 1 amide bonds. The highest BCUT2D eigenvalue weighted by molar-refractivity contribution is 7.92. The maximum Gasteiger partial charge on any atom is 0.275 e. The van der Waals surface area contributed by atoms with E-state index in [4.69, 9.17) is 0 Å². The minimum Gasteiger partial charge on any atom is -0.321 e. The predicted octanol–water partition coefficient (Wildman–Crippen LogP) is 2.81. The molecule has 27 heavy (non-hydrogen) atoms. The van der Waals surface area contributed by atoms with E-state index < -0.39 is 32.5 Å². The molecule has 3 rings (SSSR count). The Hall–Kier alpha value is -3.40. The van der Waals surface area contributed by atoms with Crippen LogP contribution in [0.2, 0.25) is 0 Å². The topological polar surface area (TPSA) is 101 Å². The van der Waals surface area contributed by atoms with Crippen LogP contribution < -0.4 is 10.0 Å². The van der Waals surface area contributed by atoms with Crippen LogP contribution in [0.1, 0.15) is 10.5 Å². The molecule has 0 spiro atoms. The van der Waals surface area contributed by atoms with Gasteiger partial charge in [-0.1, -0.05) is 0 Å². The molecule has 10 heteroatoms. The van der Waals surface area contributed by atoms with E-state index >= 15 is 0 Å². The molecule has 3 aromatic rings. The molecule has 0 fully saturated rings. The standard InChI is InChI=1S/C17H12F2N4O3S/c18-14-6-5-13(9-15(14)19)27(25,26)23-12-3-1-11(2-4-12)22-17(24)16-10-20-7-8-21-16/h1-10,23H,(H,22,24). The second-order valence-corrected chi connectivity index (χ2v) is 6.99. The lowest BCUT2D eigenvalue weighted by Crippen LogP contribution is -2.15. The first-order valence-electron chi connectivity index (χ1n) is 7.50. The van der Waals surface area contributed by atoms with Crippen molar-refractivity contribution in [3.8, 4) is 0 Å². The van der Waals surface area contributed by atoms with Crippen LogP contribution in [0.15, 0.2) is 66.0 Å². The largest absolute Gasteiger partial charge is 0.321 e. The predicted molar refractivity (Wildman–Crippen MR) is 93.6 cm³/mol. The molecular weight excluding hydrogens is 378 g/mol. The maximum atomic E-state index is 13.2. The average molecular weight is 390 g/mol. The lowest BCUT2D eigenvalue weighted by atomic mass is 10.3. The lowest BCUT2D eigenvalue weighted by molar-refractivity contribution is 0.102. The monoisotopic (exact) mass is 390 g/mol. The van der Waals surface area contributed by atoms with Gasteiger partial charge in [0.05, 0.1) is 11.1 Å². The summed E-state index contributed by atoms with van der Waals surface area (Å²) in [4.78, 5) is 19.2. The van der Waals surface area contributed by atoms with Crippen molar-refractivity contribution >= 4 is 27.3 Å². The second kappa shape index (κ2) is 7.46. The van der Waals surface area contributed by atoms with E-state index in [2.05, 4.69) is 20.0 Å². The zero-order valence-corrected chi connectivity index (χ0v) is 14.4. The Balaban J connectivity index is 1.71. The number of amides is 1. The molecule has 0 aliphatic rings. The molecule has 2 N–H and O–H groups in total. The summed E-state index contributed by atoms with van der Waals surface area (Å²) in [6.45, 7) is 0. The molecule has 2 aromatic carbocycles. The van der Waals surface area contributed by atoms with Gasteiger partial charge in [0.25, 0.3) is 15.9 Å².